The Kier molecular flexibility index (Phi) is 1.63. The van der Waals surface area contributed by atoms with E-state index >= 15 is 0 Å². The Morgan fingerprint density at radius 2 is 2.08 bits per heavy atom. The average Bonchev–Trinajstić information content (AvgIpc) is 2.25. The predicted molar refractivity (Wildman–Crippen MR) is 47.0 cm³/mol. The summed E-state index contributed by atoms with van der Waals surface area (Å²) >= 11 is 0. The molecule has 0 amide bonds. The Balaban J connectivity index is 2.54. The molecule has 12 heavy (non-hydrogen) atoms. The fraction of sp³-hybridized carbons (Fsp3) is 0.111. The van der Waals surface area contributed by atoms with Gasteiger partial charge >= 0.3 is 0 Å². The van der Waals surface area contributed by atoms with E-state index in [2.05, 4.69) is 9.97 Å². The largest absolute Gasteiger partial charge is 0.399 e. The lowest BCUT2D eigenvalue weighted by molar-refractivity contribution is 1.04. The molecule has 60 valence electrons. The van der Waals surface area contributed by atoms with Gasteiger partial charge in [0.15, 0.2) is 0 Å². The van der Waals surface area contributed by atoms with Gasteiger partial charge in [-0.2, -0.15) is 0 Å². The molecule has 0 aliphatic heterocycles. The highest BCUT2D eigenvalue weighted by atomic mass is 14.8. The Morgan fingerprint density at radius 1 is 1.25 bits per heavy atom. The molecule has 3 nitrogen and oxygen atoms in total. The van der Waals surface area contributed by atoms with Crippen molar-refractivity contribution in [2.75, 3.05) is 0 Å². The van der Waals surface area contributed by atoms with Crippen molar-refractivity contribution in [3.63, 3.8) is 0 Å². The van der Waals surface area contributed by atoms with Crippen molar-refractivity contribution in [1.82, 2.24) is 9.97 Å². The first-order valence-electron chi connectivity index (χ1n) is 3.80. The number of aromatic nitrogens is 2. The molecule has 1 aromatic rings. The standard InChI is InChI=1S/C9H9N3/c10-7-2-1-3-8-9(6-7)12-5-4-11-8/h1-2,4-6H,3,10H2. The van der Waals surface area contributed by atoms with E-state index in [9.17, 15) is 0 Å². The third-order valence-electron chi connectivity index (χ3n) is 1.73. The SMILES string of the molecule is NC1=Cc2nccnc2CC=C1. The lowest BCUT2D eigenvalue weighted by Gasteiger charge is -1.97. The monoisotopic (exact) mass is 159 g/mol. The second kappa shape index (κ2) is 2.77. The minimum absolute atomic E-state index is 0.731. The fourth-order valence-electron chi connectivity index (χ4n) is 1.17. The van der Waals surface area contributed by atoms with Crippen LogP contribution in [0.5, 0.6) is 0 Å². The Morgan fingerprint density at radius 3 is 3.00 bits per heavy atom. The molecule has 1 aromatic heterocycles. The van der Waals surface area contributed by atoms with Crippen molar-refractivity contribution >= 4 is 6.08 Å². The van der Waals surface area contributed by atoms with Crippen LogP contribution in [0.1, 0.15) is 11.4 Å². The van der Waals surface area contributed by atoms with Crippen LogP contribution in [0.15, 0.2) is 30.2 Å². The van der Waals surface area contributed by atoms with E-state index in [1.165, 1.54) is 0 Å². The minimum atomic E-state index is 0.731. The molecule has 0 aromatic carbocycles. The number of allylic oxidation sites excluding steroid dienone is 2. The molecule has 1 heterocycles. The molecule has 0 unspecified atom stereocenters. The number of hydrogen-bond donors (Lipinski definition) is 1. The van der Waals surface area contributed by atoms with Gasteiger partial charge in [0.1, 0.15) is 0 Å². The van der Waals surface area contributed by atoms with Crippen molar-refractivity contribution in [2.45, 2.75) is 6.42 Å². The molecule has 0 bridgehead atoms. The van der Waals surface area contributed by atoms with Crippen LogP contribution in [0.25, 0.3) is 6.08 Å². The van der Waals surface area contributed by atoms with Gasteiger partial charge in [-0.15, -0.1) is 0 Å². The van der Waals surface area contributed by atoms with Crippen LogP contribution in [0, 0.1) is 0 Å². The highest BCUT2D eigenvalue weighted by Gasteiger charge is 2.03. The maximum Gasteiger partial charge on any atom is 0.0868 e. The number of rotatable bonds is 0. The van der Waals surface area contributed by atoms with Crippen LogP contribution in [-0.2, 0) is 6.42 Å². The third-order valence-corrected chi connectivity index (χ3v) is 1.73. The zero-order valence-corrected chi connectivity index (χ0v) is 6.57. The van der Waals surface area contributed by atoms with Gasteiger partial charge in [-0.1, -0.05) is 6.08 Å². The lowest BCUT2D eigenvalue weighted by atomic mass is 10.2. The summed E-state index contributed by atoms with van der Waals surface area (Å²) in [6, 6.07) is 0. The smallest absolute Gasteiger partial charge is 0.0868 e. The van der Waals surface area contributed by atoms with E-state index in [4.69, 9.17) is 5.73 Å². The van der Waals surface area contributed by atoms with Crippen molar-refractivity contribution in [3.8, 4) is 0 Å². The summed E-state index contributed by atoms with van der Waals surface area (Å²) < 4.78 is 0. The molecule has 2 rings (SSSR count). The number of fused-ring (bicyclic) bond motifs is 1. The normalized spacial score (nSPS) is 14.8. The Hall–Kier alpha value is -1.64. The molecule has 3 heteroatoms. The van der Waals surface area contributed by atoms with Gasteiger partial charge in [0.05, 0.1) is 11.4 Å². The van der Waals surface area contributed by atoms with E-state index in [0.717, 1.165) is 23.5 Å². The molecular weight excluding hydrogens is 150 g/mol. The van der Waals surface area contributed by atoms with Gasteiger partial charge in [-0.05, 0) is 12.2 Å². The quantitative estimate of drug-likeness (QED) is 0.611. The molecule has 1 aliphatic carbocycles. The summed E-state index contributed by atoms with van der Waals surface area (Å²) in [4.78, 5) is 8.37. The fourth-order valence-corrected chi connectivity index (χ4v) is 1.17. The predicted octanol–water partition coefficient (Wildman–Crippen LogP) is 0.889. The second-order valence-electron chi connectivity index (χ2n) is 2.64. The molecule has 1 aliphatic rings. The first kappa shape index (κ1) is 7.03. The molecule has 0 fully saturated rings. The van der Waals surface area contributed by atoms with E-state index < -0.39 is 0 Å². The highest BCUT2D eigenvalue weighted by molar-refractivity contribution is 5.55. The summed E-state index contributed by atoms with van der Waals surface area (Å²) in [5.74, 6) is 0. The van der Waals surface area contributed by atoms with Gasteiger partial charge in [0.25, 0.3) is 0 Å². The zero-order chi connectivity index (χ0) is 8.39. The minimum Gasteiger partial charge on any atom is -0.399 e. The summed E-state index contributed by atoms with van der Waals surface area (Å²) in [6.45, 7) is 0. The van der Waals surface area contributed by atoms with E-state index in [1.54, 1.807) is 12.4 Å². The molecule has 0 saturated heterocycles. The van der Waals surface area contributed by atoms with Crippen LogP contribution < -0.4 is 5.73 Å². The average molecular weight is 159 g/mol. The van der Waals surface area contributed by atoms with Crippen LogP contribution in [0.2, 0.25) is 0 Å². The van der Waals surface area contributed by atoms with E-state index in [1.807, 2.05) is 18.2 Å². The van der Waals surface area contributed by atoms with Crippen molar-refractivity contribution < 1.29 is 0 Å². The summed E-state index contributed by atoms with van der Waals surface area (Å²) in [5.41, 5.74) is 8.24. The maximum atomic E-state index is 5.66. The summed E-state index contributed by atoms with van der Waals surface area (Å²) in [5, 5.41) is 0. The molecule has 0 atom stereocenters. The number of nitrogens with zero attached hydrogens (tertiary/aromatic N) is 2. The van der Waals surface area contributed by atoms with Gasteiger partial charge < -0.3 is 5.73 Å². The summed E-state index contributed by atoms with van der Waals surface area (Å²) in [6.07, 6.45) is 9.89. The zero-order valence-electron chi connectivity index (χ0n) is 6.57. The molecule has 0 saturated carbocycles. The first-order valence-corrected chi connectivity index (χ1v) is 3.80. The first-order chi connectivity index (χ1) is 5.86. The van der Waals surface area contributed by atoms with Gasteiger partial charge in [-0.3, -0.25) is 9.97 Å². The van der Waals surface area contributed by atoms with Crippen molar-refractivity contribution in [1.29, 1.82) is 0 Å². The van der Waals surface area contributed by atoms with Gasteiger partial charge in [0, 0.05) is 24.5 Å². The molecule has 2 N–H and O–H groups in total. The van der Waals surface area contributed by atoms with Gasteiger partial charge in [-0.25, -0.2) is 0 Å². The number of nitrogens with two attached hydrogens (primary N) is 1. The van der Waals surface area contributed by atoms with E-state index in [0.29, 0.717) is 0 Å². The molecule has 0 radical (unpaired) electrons. The Labute approximate surface area is 70.7 Å². The maximum absolute atomic E-state index is 5.66. The van der Waals surface area contributed by atoms with Crippen LogP contribution >= 0.6 is 0 Å². The molecule has 0 spiro atoms. The molecular formula is C9H9N3. The Bertz CT molecular complexity index is 353. The lowest BCUT2D eigenvalue weighted by Crippen LogP contribution is -1.95. The van der Waals surface area contributed by atoms with Crippen LogP contribution in [0.4, 0.5) is 0 Å². The topological polar surface area (TPSA) is 51.8 Å². The third kappa shape index (κ3) is 1.21. The number of hydrogen-bond acceptors (Lipinski definition) is 3. The van der Waals surface area contributed by atoms with Gasteiger partial charge in [0.2, 0.25) is 0 Å². The van der Waals surface area contributed by atoms with Crippen LogP contribution in [-0.4, -0.2) is 9.97 Å². The van der Waals surface area contributed by atoms with E-state index in [-0.39, 0.29) is 0 Å². The van der Waals surface area contributed by atoms with Crippen molar-refractivity contribution in [3.05, 3.63) is 41.6 Å². The van der Waals surface area contributed by atoms with Crippen LogP contribution in [0.3, 0.4) is 0 Å². The highest BCUT2D eigenvalue weighted by Crippen LogP contribution is 2.11. The summed E-state index contributed by atoms with van der Waals surface area (Å²) in [7, 11) is 0. The van der Waals surface area contributed by atoms with Crippen molar-refractivity contribution in [2.24, 2.45) is 5.73 Å². The second-order valence-corrected chi connectivity index (χ2v) is 2.64.